The van der Waals surface area contributed by atoms with Crippen LogP contribution in [0.3, 0.4) is 0 Å². The summed E-state index contributed by atoms with van der Waals surface area (Å²) in [6, 6.07) is 8.03. The minimum Gasteiger partial charge on any atom is -0.506 e. The van der Waals surface area contributed by atoms with E-state index in [9.17, 15) is 27.5 Å². The van der Waals surface area contributed by atoms with Gasteiger partial charge in [0.2, 0.25) is 5.91 Å². The highest BCUT2D eigenvalue weighted by atomic mass is 32.2. The number of sulfonamides is 1. The van der Waals surface area contributed by atoms with E-state index >= 15 is 0 Å². The Morgan fingerprint density at radius 2 is 2.03 bits per heavy atom. The Morgan fingerprint density at radius 1 is 1.26 bits per heavy atom. The van der Waals surface area contributed by atoms with Crippen molar-refractivity contribution in [1.29, 1.82) is 0 Å². The van der Waals surface area contributed by atoms with E-state index in [1.807, 2.05) is 0 Å². The van der Waals surface area contributed by atoms with Gasteiger partial charge in [-0.15, -0.1) is 4.40 Å². The zero-order valence-electron chi connectivity index (χ0n) is 18.4. The van der Waals surface area contributed by atoms with E-state index < -0.39 is 33.1 Å². The first-order valence-electron chi connectivity index (χ1n) is 10.9. The van der Waals surface area contributed by atoms with Crippen LogP contribution < -0.4 is 16.6 Å². The van der Waals surface area contributed by atoms with Crippen LogP contribution in [-0.2, 0) is 21.4 Å². The number of anilines is 1. The summed E-state index contributed by atoms with van der Waals surface area (Å²) in [5.74, 6) is -1.71. The van der Waals surface area contributed by atoms with Crippen LogP contribution in [0.5, 0.6) is 5.75 Å². The summed E-state index contributed by atoms with van der Waals surface area (Å²) in [6.07, 6.45) is 5.34. The van der Waals surface area contributed by atoms with Gasteiger partial charge in [0.05, 0.1) is 11.2 Å². The number of amides is 1. The Morgan fingerprint density at radius 3 is 2.74 bits per heavy atom. The van der Waals surface area contributed by atoms with Crippen molar-refractivity contribution in [3.8, 4) is 5.75 Å². The van der Waals surface area contributed by atoms with Gasteiger partial charge in [-0.3, -0.25) is 9.59 Å². The number of amidine groups is 1. The van der Waals surface area contributed by atoms with Crippen molar-refractivity contribution in [2.24, 2.45) is 16.0 Å². The van der Waals surface area contributed by atoms with Crippen molar-refractivity contribution in [3.63, 3.8) is 0 Å². The average molecular weight is 497 g/mol. The van der Waals surface area contributed by atoms with Gasteiger partial charge in [-0.1, -0.05) is 18.9 Å². The number of nitrogens with zero attached hydrogens (tertiary/aromatic N) is 2. The maximum absolute atomic E-state index is 14.0. The summed E-state index contributed by atoms with van der Waals surface area (Å²) >= 11 is 0. The lowest BCUT2D eigenvalue weighted by Crippen LogP contribution is -2.33. The van der Waals surface area contributed by atoms with Gasteiger partial charge in [0, 0.05) is 18.0 Å². The van der Waals surface area contributed by atoms with E-state index in [2.05, 4.69) is 9.71 Å². The molecule has 1 fully saturated rings. The molecule has 5 rings (SSSR count). The molecule has 0 unspecified atom stereocenters. The molecule has 1 aliphatic carbocycles. The number of pyridine rings is 1. The Bertz CT molecular complexity index is 1620. The maximum Gasteiger partial charge on any atom is 0.286 e. The molecular formula is C24H21FN4O5S. The summed E-state index contributed by atoms with van der Waals surface area (Å²) in [7, 11) is -4.28. The summed E-state index contributed by atoms with van der Waals surface area (Å²) in [5.41, 5.74) is 4.99. The molecule has 4 N–H and O–H groups in total. The normalized spacial score (nSPS) is 16.7. The molecule has 1 amide bonds. The summed E-state index contributed by atoms with van der Waals surface area (Å²) in [5, 5.41) is 13.9. The lowest BCUT2D eigenvalue weighted by molar-refractivity contribution is -0.113. The smallest absolute Gasteiger partial charge is 0.286 e. The molecule has 180 valence electrons. The van der Waals surface area contributed by atoms with E-state index in [-0.39, 0.29) is 27.4 Å². The van der Waals surface area contributed by atoms with Gasteiger partial charge in [-0.2, -0.15) is 8.42 Å². The lowest BCUT2D eigenvalue weighted by atomic mass is 10.1. The summed E-state index contributed by atoms with van der Waals surface area (Å²) in [6.45, 7) is 0.338. The number of fused-ring (bicyclic) bond motifs is 2. The number of hydrogen-bond acceptors (Lipinski definition) is 6. The van der Waals surface area contributed by atoms with Gasteiger partial charge in [0.15, 0.2) is 5.84 Å². The molecule has 9 nitrogen and oxygen atoms in total. The van der Waals surface area contributed by atoms with Crippen LogP contribution in [0.4, 0.5) is 10.1 Å². The van der Waals surface area contributed by atoms with Gasteiger partial charge in [0.1, 0.15) is 22.0 Å². The molecule has 2 aromatic carbocycles. The zero-order valence-corrected chi connectivity index (χ0v) is 19.2. The van der Waals surface area contributed by atoms with Crippen LogP contribution in [0.15, 0.2) is 56.6 Å². The minimum atomic E-state index is -4.28. The molecule has 3 aromatic rings. The third-order valence-corrected chi connectivity index (χ3v) is 7.40. The van der Waals surface area contributed by atoms with Crippen molar-refractivity contribution < 1.29 is 22.7 Å². The average Bonchev–Trinajstić information content (AvgIpc) is 3.62. The number of aryl methyl sites for hydroxylation is 1. The Hall–Kier alpha value is -3.99. The van der Waals surface area contributed by atoms with E-state index in [4.69, 9.17) is 5.73 Å². The maximum atomic E-state index is 14.0. The first-order chi connectivity index (χ1) is 16.6. The second kappa shape index (κ2) is 8.35. The molecule has 0 atom stereocenters. The molecule has 1 saturated carbocycles. The van der Waals surface area contributed by atoms with E-state index in [1.54, 1.807) is 6.07 Å². The molecule has 2 heterocycles. The highest BCUT2D eigenvalue weighted by Crippen LogP contribution is 2.35. The molecule has 0 spiro atoms. The van der Waals surface area contributed by atoms with Crippen molar-refractivity contribution in [2.75, 3.05) is 5.32 Å². The van der Waals surface area contributed by atoms with Crippen molar-refractivity contribution in [1.82, 2.24) is 4.57 Å². The van der Waals surface area contributed by atoms with Crippen LogP contribution in [0, 0.1) is 11.7 Å². The zero-order chi connectivity index (χ0) is 24.9. The van der Waals surface area contributed by atoms with Gasteiger partial charge in [-0.25, -0.2) is 4.39 Å². The van der Waals surface area contributed by atoms with Gasteiger partial charge < -0.3 is 20.7 Å². The quantitative estimate of drug-likeness (QED) is 0.448. The molecule has 1 aliphatic heterocycles. The number of nitrogens with two attached hydrogens (primary N) is 1. The minimum absolute atomic E-state index is 0.0787. The highest BCUT2D eigenvalue weighted by molar-refractivity contribution is 7.90. The standard InChI is InChI=1S/C24H21FN4O5S/c25-15-5-7-18-16(12-15)22(31)21(24(32)29(18)10-9-13-1-2-13)23-27-17-6-3-14(4-8-20(26)30)11-19(17)35(33,34)28-23/h3-8,11-13,31H,1-2,9-10H2,(H2,26,30)(H,27,28). The van der Waals surface area contributed by atoms with E-state index in [0.29, 0.717) is 23.5 Å². The monoisotopic (exact) mass is 496 g/mol. The molecular weight excluding hydrogens is 475 g/mol. The lowest BCUT2D eigenvalue weighted by Gasteiger charge is -2.21. The topological polar surface area (TPSA) is 144 Å². The molecule has 35 heavy (non-hydrogen) atoms. The third kappa shape index (κ3) is 4.30. The second-order valence-electron chi connectivity index (χ2n) is 8.61. The van der Waals surface area contributed by atoms with E-state index in [0.717, 1.165) is 31.4 Å². The predicted molar refractivity (Wildman–Crippen MR) is 129 cm³/mol. The number of aromatic hydroxyl groups is 1. The largest absolute Gasteiger partial charge is 0.506 e. The molecule has 0 saturated heterocycles. The number of rotatable bonds is 6. The number of carbonyl (C=O) groups excluding carboxylic acids is 1. The fourth-order valence-electron chi connectivity index (χ4n) is 4.13. The summed E-state index contributed by atoms with van der Waals surface area (Å²) in [4.78, 5) is 24.3. The fourth-order valence-corrected chi connectivity index (χ4v) is 5.29. The Kier molecular flexibility index (Phi) is 5.43. The van der Waals surface area contributed by atoms with Gasteiger partial charge >= 0.3 is 0 Å². The first kappa shape index (κ1) is 22.8. The Balaban J connectivity index is 1.65. The molecule has 2 aliphatic rings. The Labute approximate surface area is 199 Å². The van der Waals surface area contributed by atoms with Gasteiger partial charge in [0.25, 0.3) is 15.6 Å². The fraction of sp³-hybridized carbons (Fsp3) is 0.208. The molecule has 0 radical (unpaired) electrons. The highest BCUT2D eigenvalue weighted by Gasteiger charge is 2.30. The van der Waals surface area contributed by atoms with Crippen LogP contribution in [-0.4, -0.2) is 29.8 Å². The molecule has 11 heteroatoms. The number of halogens is 1. The number of carbonyl (C=O) groups is 1. The number of aromatic nitrogens is 1. The van der Waals surface area contributed by atoms with Gasteiger partial charge in [-0.05, 0) is 54.3 Å². The van der Waals surface area contributed by atoms with E-state index in [1.165, 1.54) is 34.9 Å². The van der Waals surface area contributed by atoms with Crippen LogP contribution in [0.25, 0.3) is 17.0 Å². The van der Waals surface area contributed by atoms with Crippen LogP contribution >= 0.6 is 0 Å². The number of primary amides is 1. The molecule has 0 bridgehead atoms. The third-order valence-electron chi connectivity index (χ3n) is 6.08. The molecule has 1 aromatic heterocycles. The number of nitrogens with one attached hydrogen (secondary N) is 1. The van der Waals surface area contributed by atoms with Crippen LogP contribution in [0.2, 0.25) is 0 Å². The predicted octanol–water partition coefficient (Wildman–Crippen LogP) is 2.71. The SMILES string of the molecule is NC(=O)C=Cc1ccc2c(c1)S(=O)(=O)N=C(c1c(O)c3cc(F)ccc3n(CCC3CC3)c1=O)N2. The van der Waals surface area contributed by atoms with Crippen LogP contribution in [0.1, 0.15) is 30.4 Å². The van der Waals surface area contributed by atoms with Crippen molar-refractivity contribution in [3.05, 3.63) is 69.8 Å². The number of hydrogen-bond donors (Lipinski definition) is 3. The van der Waals surface area contributed by atoms with Crippen molar-refractivity contribution >= 4 is 44.4 Å². The second-order valence-corrected chi connectivity index (χ2v) is 10.2. The summed E-state index contributed by atoms with van der Waals surface area (Å²) < 4.78 is 45.2. The first-order valence-corrected chi connectivity index (χ1v) is 12.4. The van der Waals surface area contributed by atoms with Crippen molar-refractivity contribution in [2.45, 2.75) is 30.7 Å². The number of benzene rings is 2.